The summed E-state index contributed by atoms with van der Waals surface area (Å²) in [5, 5.41) is 8.95. The molecule has 0 saturated carbocycles. The molecular weight excluding hydrogens is 322 g/mol. The molecule has 0 N–H and O–H groups in total. The van der Waals surface area contributed by atoms with Gasteiger partial charge < -0.3 is 9.32 Å². The Hall–Kier alpha value is -2.33. The number of hydrogen-bond donors (Lipinski definition) is 0. The van der Waals surface area contributed by atoms with Crippen LogP contribution in [0.15, 0.2) is 52.9 Å². The van der Waals surface area contributed by atoms with E-state index in [1.807, 2.05) is 36.4 Å². The first-order valence-electron chi connectivity index (χ1n) is 7.96. The third-order valence-corrected chi connectivity index (χ3v) is 4.25. The molecular formula is C19H20ClN3O. The van der Waals surface area contributed by atoms with Gasteiger partial charge in [-0.2, -0.15) is 0 Å². The minimum atomic E-state index is 0.307. The van der Waals surface area contributed by atoms with E-state index < -0.39 is 0 Å². The normalized spacial score (nSPS) is 11.0. The molecule has 2 aromatic carbocycles. The van der Waals surface area contributed by atoms with Gasteiger partial charge in [0.1, 0.15) is 0 Å². The first-order valence-corrected chi connectivity index (χ1v) is 8.33. The number of benzene rings is 2. The molecule has 1 heterocycles. The monoisotopic (exact) mass is 341 g/mol. The second-order valence-corrected chi connectivity index (χ2v) is 6.40. The van der Waals surface area contributed by atoms with Gasteiger partial charge in [-0.05, 0) is 44.5 Å². The molecule has 0 bridgehead atoms. The summed E-state index contributed by atoms with van der Waals surface area (Å²) in [6.07, 6.45) is 0. The number of aryl methyl sites for hydroxylation is 1. The van der Waals surface area contributed by atoms with Gasteiger partial charge in [0.15, 0.2) is 0 Å². The summed E-state index contributed by atoms with van der Waals surface area (Å²) < 4.78 is 5.84. The molecule has 124 valence electrons. The average molecular weight is 342 g/mol. The smallest absolute Gasteiger partial charge is 0.249 e. The zero-order chi connectivity index (χ0) is 17.1. The fourth-order valence-corrected chi connectivity index (χ4v) is 2.85. The van der Waals surface area contributed by atoms with E-state index in [1.165, 1.54) is 11.3 Å². The van der Waals surface area contributed by atoms with Crippen molar-refractivity contribution in [1.29, 1.82) is 0 Å². The number of halogens is 1. The molecule has 0 aliphatic carbocycles. The van der Waals surface area contributed by atoms with Crippen molar-refractivity contribution in [2.75, 3.05) is 4.90 Å². The molecule has 5 heteroatoms. The molecule has 0 atom stereocenters. The van der Waals surface area contributed by atoms with Crippen LogP contribution in [0.4, 0.5) is 5.69 Å². The zero-order valence-corrected chi connectivity index (χ0v) is 14.8. The lowest BCUT2D eigenvalue weighted by Gasteiger charge is -2.29. The largest absolute Gasteiger partial charge is 0.419 e. The van der Waals surface area contributed by atoms with Crippen molar-refractivity contribution < 1.29 is 4.42 Å². The number of aromatic nitrogens is 2. The van der Waals surface area contributed by atoms with E-state index in [0.29, 0.717) is 29.4 Å². The van der Waals surface area contributed by atoms with Gasteiger partial charge in [-0.25, -0.2) is 0 Å². The van der Waals surface area contributed by atoms with E-state index in [4.69, 9.17) is 16.0 Å². The second kappa shape index (κ2) is 7.05. The van der Waals surface area contributed by atoms with Crippen molar-refractivity contribution >= 4 is 17.3 Å². The van der Waals surface area contributed by atoms with Crippen LogP contribution in [0.2, 0.25) is 5.02 Å². The molecule has 4 nitrogen and oxygen atoms in total. The summed E-state index contributed by atoms with van der Waals surface area (Å²) in [5.74, 6) is 1.02. The van der Waals surface area contributed by atoms with Crippen molar-refractivity contribution in [3.05, 3.63) is 65.0 Å². The van der Waals surface area contributed by atoms with Crippen molar-refractivity contribution in [1.82, 2.24) is 10.2 Å². The maximum absolute atomic E-state index is 6.20. The molecule has 0 unspecified atom stereocenters. The molecule has 0 aliphatic rings. The van der Waals surface area contributed by atoms with Crippen LogP contribution in [-0.2, 0) is 6.54 Å². The third kappa shape index (κ3) is 3.44. The van der Waals surface area contributed by atoms with Crippen LogP contribution in [0.5, 0.6) is 0 Å². The number of anilines is 1. The summed E-state index contributed by atoms with van der Waals surface area (Å²) in [4.78, 5) is 2.25. The molecule has 3 rings (SSSR count). The van der Waals surface area contributed by atoms with Gasteiger partial charge >= 0.3 is 0 Å². The fraction of sp³-hybridized carbons (Fsp3) is 0.263. The van der Waals surface area contributed by atoms with Gasteiger partial charge in [-0.3, -0.25) is 0 Å². The highest BCUT2D eigenvalue weighted by molar-refractivity contribution is 6.33. The molecule has 0 saturated heterocycles. The van der Waals surface area contributed by atoms with Gasteiger partial charge in [-0.15, -0.1) is 10.2 Å². The van der Waals surface area contributed by atoms with Gasteiger partial charge in [0.25, 0.3) is 0 Å². The molecule has 0 aliphatic heterocycles. The van der Waals surface area contributed by atoms with E-state index in [-0.39, 0.29) is 0 Å². The molecule has 0 spiro atoms. The standard InChI is InChI=1S/C19H20ClN3O/c1-13(2)23(17-11-7-4-8-14(17)3)12-18-21-22-19(24-18)15-9-5-6-10-16(15)20/h4-11,13H,12H2,1-3H3. The third-order valence-electron chi connectivity index (χ3n) is 3.92. The quantitative estimate of drug-likeness (QED) is 0.646. The lowest BCUT2D eigenvalue weighted by atomic mass is 10.1. The SMILES string of the molecule is Cc1ccccc1N(Cc1nnc(-c2ccccc2Cl)o1)C(C)C. The molecule has 0 radical (unpaired) electrons. The van der Waals surface area contributed by atoms with Crippen LogP contribution in [0.25, 0.3) is 11.5 Å². The molecule has 24 heavy (non-hydrogen) atoms. The zero-order valence-electron chi connectivity index (χ0n) is 14.0. The Morgan fingerprint density at radius 2 is 1.75 bits per heavy atom. The Kier molecular flexibility index (Phi) is 4.86. The number of nitrogens with zero attached hydrogens (tertiary/aromatic N) is 3. The Labute approximate surface area is 147 Å². The maximum Gasteiger partial charge on any atom is 0.249 e. The van der Waals surface area contributed by atoms with E-state index in [0.717, 1.165) is 5.56 Å². The fourth-order valence-electron chi connectivity index (χ4n) is 2.64. The minimum Gasteiger partial charge on any atom is -0.419 e. The Balaban J connectivity index is 1.87. The van der Waals surface area contributed by atoms with E-state index in [1.54, 1.807) is 0 Å². The molecule has 0 fully saturated rings. The number of para-hydroxylation sites is 1. The van der Waals surface area contributed by atoms with Gasteiger partial charge in [0.2, 0.25) is 11.8 Å². The highest BCUT2D eigenvalue weighted by Crippen LogP contribution is 2.28. The van der Waals surface area contributed by atoms with Crippen LogP contribution in [-0.4, -0.2) is 16.2 Å². The summed E-state index contributed by atoms with van der Waals surface area (Å²) in [6.45, 7) is 6.96. The van der Waals surface area contributed by atoms with Crippen molar-refractivity contribution in [3.63, 3.8) is 0 Å². The first-order chi connectivity index (χ1) is 11.6. The van der Waals surface area contributed by atoms with Gasteiger partial charge in [0, 0.05) is 11.7 Å². The van der Waals surface area contributed by atoms with Crippen LogP contribution in [0.1, 0.15) is 25.3 Å². The van der Waals surface area contributed by atoms with E-state index in [2.05, 4.69) is 48.0 Å². The average Bonchev–Trinajstić information content (AvgIpc) is 3.02. The first kappa shape index (κ1) is 16.5. The Bertz CT molecular complexity index is 829. The molecule has 0 amide bonds. The Morgan fingerprint density at radius 1 is 1.04 bits per heavy atom. The van der Waals surface area contributed by atoms with Crippen LogP contribution in [0.3, 0.4) is 0 Å². The number of rotatable bonds is 5. The lowest BCUT2D eigenvalue weighted by Crippen LogP contribution is -2.30. The summed E-state index contributed by atoms with van der Waals surface area (Å²) in [5.41, 5.74) is 3.15. The van der Waals surface area contributed by atoms with Crippen molar-refractivity contribution in [2.24, 2.45) is 0 Å². The predicted octanol–water partition coefficient (Wildman–Crippen LogP) is 5.11. The number of hydrogen-bond acceptors (Lipinski definition) is 4. The summed E-state index contributed by atoms with van der Waals surface area (Å²) in [6, 6.07) is 16.1. The lowest BCUT2D eigenvalue weighted by molar-refractivity contribution is 0.488. The summed E-state index contributed by atoms with van der Waals surface area (Å²) in [7, 11) is 0. The summed E-state index contributed by atoms with van der Waals surface area (Å²) >= 11 is 6.20. The Morgan fingerprint density at radius 3 is 2.46 bits per heavy atom. The van der Waals surface area contributed by atoms with Gasteiger partial charge in [-0.1, -0.05) is 41.9 Å². The van der Waals surface area contributed by atoms with Crippen LogP contribution in [0, 0.1) is 6.92 Å². The highest BCUT2D eigenvalue weighted by Gasteiger charge is 2.18. The molecule has 3 aromatic rings. The predicted molar refractivity (Wildman–Crippen MR) is 97.2 cm³/mol. The van der Waals surface area contributed by atoms with Crippen LogP contribution < -0.4 is 4.90 Å². The van der Waals surface area contributed by atoms with E-state index in [9.17, 15) is 0 Å². The van der Waals surface area contributed by atoms with Gasteiger partial charge in [0.05, 0.1) is 17.1 Å². The topological polar surface area (TPSA) is 42.2 Å². The second-order valence-electron chi connectivity index (χ2n) is 5.99. The van der Waals surface area contributed by atoms with E-state index >= 15 is 0 Å². The highest BCUT2D eigenvalue weighted by atomic mass is 35.5. The van der Waals surface area contributed by atoms with Crippen LogP contribution >= 0.6 is 11.6 Å². The van der Waals surface area contributed by atoms with Crippen molar-refractivity contribution in [3.8, 4) is 11.5 Å². The molecule has 1 aromatic heterocycles. The van der Waals surface area contributed by atoms with Crippen molar-refractivity contribution in [2.45, 2.75) is 33.4 Å². The minimum absolute atomic E-state index is 0.307. The maximum atomic E-state index is 6.20.